The maximum atomic E-state index is 12.2. The number of nitrogens with zero attached hydrogens (tertiary/aromatic N) is 3. The Kier molecular flexibility index (Phi) is 4.49. The van der Waals surface area contributed by atoms with Crippen LogP contribution in [0.25, 0.3) is 6.08 Å². The standard InChI is InChI=1S/C13H14N4O3S/c1-3-10-9(7-17(2)16-10)12(20)15-13-14-6-8(21-13)4-5-11(18)19/h4-7H,3H2,1-2H3,(H,18,19)(H,14,15,20)/b5-4+. The van der Waals surface area contributed by atoms with E-state index in [1.807, 2.05) is 6.92 Å². The summed E-state index contributed by atoms with van der Waals surface area (Å²) in [7, 11) is 1.76. The minimum Gasteiger partial charge on any atom is -0.478 e. The average Bonchev–Trinajstić information content (AvgIpc) is 3.02. The quantitative estimate of drug-likeness (QED) is 0.821. The molecule has 0 aromatic carbocycles. The monoisotopic (exact) mass is 306 g/mol. The fraction of sp³-hybridized carbons (Fsp3) is 0.231. The molecule has 2 N–H and O–H groups in total. The molecule has 2 rings (SSSR count). The van der Waals surface area contributed by atoms with Crippen LogP contribution in [0, 0.1) is 0 Å². The highest BCUT2D eigenvalue weighted by molar-refractivity contribution is 7.16. The molecule has 8 heteroatoms. The number of aliphatic carboxylic acids is 1. The summed E-state index contributed by atoms with van der Waals surface area (Å²) in [5, 5.41) is 15.9. The molecule has 0 saturated heterocycles. The van der Waals surface area contributed by atoms with Gasteiger partial charge in [0.25, 0.3) is 5.91 Å². The van der Waals surface area contributed by atoms with E-state index in [0.717, 1.165) is 11.8 Å². The zero-order chi connectivity index (χ0) is 15.4. The van der Waals surface area contributed by atoms with Gasteiger partial charge >= 0.3 is 5.97 Å². The summed E-state index contributed by atoms with van der Waals surface area (Å²) in [4.78, 5) is 27.3. The Labute approximate surface area is 124 Å². The summed E-state index contributed by atoms with van der Waals surface area (Å²) in [6.45, 7) is 1.93. The number of carboxylic acids is 1. The van der Waals surface area contributed by atoms with Crippen molar-refractivity contribution in [2.45, 2.75) is 13.3 Å². The van der Waals surface area contributed by atoms with Crippen LogP contribution in [0.4, 0.5) is 5.13 Å². The average molecular weight is 306 g/mol. The van der Waals surface area contributed by atoms with Crippen LogP contribution in [0.15, 0.2) is 18.5 Å². The van der Waals surface area contributed by atoms with Gasteiger partial charge in [-0.3, -0.25) is 14.8 Å². The number of carbonyl (C=O) groups is 2. The van der Waals surface area contributed by atoms with Gasteiger partial charge in [-0.1, -0.05) is 18.3 Å². The van der Waals surface area contributed by atoms with Gasteiger partial charge in [0.1, 0.15) is 0 Å². The van der Waals surface area contributed by atoms with E-state index in [1.165, 1.54) is 23.6 Å². The van der Waals surface area contributed by atoms with Crippen LogP contribution >= 0.6 is 11.3 Å². The first-order valence-electron chi connectivity index (χ1n) is 6.20. The van der Waals surface area contributed by atoms with E-state index in [4.69, 9.17) is 5.11 Å². The summed E-state index contributed by atoms with van der Waals surface area (Å²) in [6, 6.07) is 0. The largest absolute Gasteiger partial charge is 0.478 e. The van der Waals surface area contributed by atoms with Gasteiger partial charge in [-0.25, -0.2) is 9.78 Å². The number of nitrogens with one attached hydrogen (secondary N) is 1. The lowest BCUT2D eigenvalue weighted by Gasteiger charge is -2.00. The summed E-state index contributed by atoms with van der Waals surface area (Å²) in [6.07, 6.45) is 6.28. The second-order valence-corrected chi connectivity index (χ2v) is 5.27. The second-order valence-electron chi connectivity index (χ2n) is 4.21. The highest BCUT2D eigenvalue weighted by Gasteiger charge is 2.15. The molecule has 0 unspecified atom stereocenters. The van der Waals surface area contributed by atoms with E-state index in [9.17, 15) is 9.59 Å². The van der Waals surface area contributed by atoms with Gasteiger partial charge in [-0.05, 0) is 12.5 Å². The topological polar surface area (TPSA) is 97.1 Å². The fourth-order valence-electron chi connectivity index (χ4n) is 1.72. The van der Waals surface area contributed by atoms with Gasteiger partial charge in [-0.2, -0.15) is 5.10 Å². The number of hydrogen-bond acceptors (Lipinski definition) is 5. The Balaban J connectivity index is 2.11. The highest BCUT2D eigenvalue weighted by Crippen LogP contribution is 2.20. The lowest BCUT2D eigenvalue weighted by atomic mass is 10.2. The predicted molar refractivity (Wildman–Crippen MR) is 79.3 cm³/mol. The number of anilines is 1. The molecule has 110 valence electrons. The molecule has 0 fully saturated rings. The molecule has 21 heavy (non-hydrogen) atoms. The van der Waals surface area contributed by atoms with Crippen molar-refractivity contribution < 1.29 is 14.7 Å². The van der Waals surface area contributed by atoms with Crippen molar-refractivity contribution in [3.63, 3.8) is 0 Å². The van der Waals surface area contributed by atoms with Gasteiger partial charge in [0.2, 0.25) is 0 Å². The van der Waals surface area contributed by atoms with E-state index in [0.29, 0.717) is 22.0 Å². The number of rotatable bonds is 5. The van der Waals surface area contributed by atoms with Crippen LogP contribution in [0.1, 0.15) is 27.9 Å². The van der Waals surface area contributed by atoms with Crippen LogP contribution in [0.2, 0.25) is 0 Å². The van der Waals surface area contributed by atoms with E-state index < -0.39 is 5.97 Å². The Morgan fingerprint density at radius 1 is 1.52 bits per heavy atom. The first-order chi connectivity index (χ1) is 9.99. The Hall–Kier alpha value is -2.48. The van der Waals surface area contributed by atoms with Crippen LogP contribution in [-0.4, -0.2) is 31.7 Å². The van der Waals surface area contributed by atoms with Gasteiger partial charge in [0.05, 0.1) is 11.3 Å². The number of aryl methyl sites for hydroxylation is 2. The normalized spacial score (nSPS) is 11.0. The van der Waals surface area contributed by atoms with Gasteiger partial charge in [-0.15, -0.1) is 0 Å². The number of carbonyl (C=O) groups excluding carboxylic acids is 1. The molecule has 0 aliphatic heterocycles. The number of aromatic nitrogens is 3. The predicted octanol–water partition coefficient (Wildman–Crippen LogP) is 1.79. The van der Waals surface area contributed by atoms with E-state index >= 15 is 0 Å². The third kappa shape index (κ3) is 3.76. The first kappa shape index (κ1) is 14.9. The maximum absolute atomic E-state index is 12.2. The SMILES string of the molecule is CCc1nn(C)cc1C(=O)Nc1ncc(/C=C/C(=O)O)s1. The molecular formula is C13H14N4O3S. The van der Waals surface area contributed by atoms with Crippen LogP contribution in [0.3, 0.4) is 0 Å². The number of amides is 1. The number of hydrogen-bond donors (Lipinski definition) is 2. The maximum Gasteiger partial charge on any atom is 0.328 e. The lowest BCUT2D eigenvalue weighted by molar-refractivity contribution is -0.131. The Morgan fingerprint density at radius 2 is 2.29 bits per heavy atom. The molecule has 0 bridgehead atoms. The van der Waals surface area contributed by atoms with E-state index in [2.05, 4.69) is 15.4 Å². The van der Waals surface area contributed by atoms with Gasteiger partial charge in [0, 0.05) is 30.4 Å². The summed E-state index contributed by atoms with van der Waals surface area (Å²) in [5.74, 6) is -1.31. The van der Waals surface area contributed by atoms with Crippen molar-refractivity contribution in [2.24, 2.45) is 7.05 Å². The smallest absolute Gasteiger partial charge is 0.328 e. The van der Waals surface area contributed by atoms with Gasteiger partial charge in [0.15, 0.2) is 5.13 Å². The van der Waals surface area contributed by atoms with E-state index in [1.54, 1.807) is 17.9 Å². The summed E-state index contributed by atoms with van der Waals surface area (Å²) in [5.41, 5.74) is 1.23. The molecular weight excluding hydrogens is 292 g/mol. The minimum atomic E-state index is -1.03. The molecule has 0 radical (unpaired) electrons. The highest BCUT2D eigenvalue weighted by atomic mass is 32.1. The molecule has 2 aromatic heterocycles. The van der Waals surface area contributed by atoms with Crippen molar-refractivity contribution >= 4 is 34.4 Å². The van der Waals surface area contributed by atoms with Crippen LogP contribution < -0.4 is 5.32 Å². The third-order valence-electron chi connectivity index (χ3n) is 2.62. The number of thiazole rings is 1. The molecule has 1 amide bonds. The van der Waals surface area contributed by atoms with Crippen molar-refractivity contribution in [3.05, 3.63) is 34.6 Å². The molecule has 2 heterocycles. The first-order valence-corrected chi connectivity index (χ1v) is 7.02. The Morgan fingerprint density at radius 3 is 2.95 bits per heavy atom. The zero-order valence-corrected chi connectivity index (χ0v) is 12.3. The van der Waals surface area contributed by atoms with Crippen molar-refractivity contribution in [2.75, 3.05) is 5.32 Å². The van der Waals surface area contributed by atoms with Crippen molar-refractivity contribution in [3.8, 4) is 0 Å². The van der Waals surface area contributed by atoms with Crippen molar-refractivity contribution in [1.82, 2.24) is 14.8 Å². The Bertz CT molecular complexity index is 702. The molecule has 7 nitrogen and oxygen atoms in total. The molecule has 0 aliphatic carbocycles. The van der Waals surface area contributed by atoms with Crippen LogP contribution in [-0.2, 0) is 18.3 Å². The fourth-order valence-corrected chi connectivity index (χ4v) is 2.44. The number of carboxylic acid groups (broad SMARTS) is 1. The lowest BCUT2D eigenvalue weighted by Crippen LogP contribution is -2.12. The van der Waals surface area contributed by atoms with Gasteiger partial charge < -0.3 is 5.11 Å². The molecule has 0 aliphatic rings. The summed E-state index contributed by atoms with van der Waals surface area (Å²) < 4.78 is 1.59. The zero-order valence-electron chi connectivity index (χ0n) is 11.5. The second kappa shape index (κ2) is 6.31. The van der Waals surface area contributed by atoms with Crippen LogP contribution in [0.5, 0.6) is 0 Å². The third-order valence-corrected chi connectivity index (χ3v) is 3.50. The minimum absolute atomic E-state index is 0.275. The molecule has 0 atom stereocenters. The molecule has 2 aromatic rings. The van der Waals surface area contributed by atoms with Crippen molar-refractivity contribution in [1.29, 1.82) is 0 Å². The molecule has 0 spiro atoms. The summed E-state index contributed by atoms with van der Waals surface area (Å²) >= 11 is 1.20. The van der Waals surface area contributed by atoms with E-state index in [-0.39, 0.29) is 5.91 Å². The molecule has 0 saturated carbocycles.